The molecular weight excluding hydrogens is 523 g/mol. The van der Waals surface area contributed by atoms with Crippen molar-refractivity contribution in [2.24, 2.45) is 0 Å². The molecule has 3 nitrogen and oxygen atoms in total. The zero-order valence-electron chi connectivity index (χ0n) is 6.86. The van der Waals surface area contributed by atoms with Gasteiger partial charge in [0.1, 0.15) is 18.1 Å². The molecule has 14 heavy (non-hydrogen) atoms. The summed E-state index contributed by atoms with van der Waals surface area (Å²) < 4.78 is 1.62. The van der Waals surface area contributed by atoms with E-state index in [1.54, 1.807) is 13.5 Å². The minimum absolute atomic E-state index is 0.145. The van der Waals surface area contributed by atoms with E-state index in [0.29, 0.717) is 5.57 Å². The molecule has 0 heterocycles. The maximum atomic E-state index is 11.1. The van der Waals surface area contributed by atoms with Crippen LogP contribution in [0.1, 0.15) is 0 Å². The smallest absolute Gasteiger partial charge is 0.147 e. The first-order valence-corrected chi connectivity index (χ1v) is 6.83. The number of aldehydes is 2. The van der Waals surface area contributed by atoms with Crippen LogP contribution in [0.5, 0.6) is 0 Å². The minimum Gasteiger partial charge on any atom is -0.301 e. The predicted molar refractivity (Wildman–Crippen MR) is 79.8 cm³/mol. The summed E-state index contributed by atoms with van der Waals surface area (Å²) in [5.74, 6) is 0. The molecule has 0 aromatic carbocycles. The number of alkyl halides is 1. The number of hydrogen-bond donors (Lipinski definition) is 0. The van der Waals surface area contributed by atoms with Crippen LogP contribution >= 0.6 is 68.3 Å². The predicted octanol–water partition coefficient (Wildman–Crippen LogP) is 2.42. The summed E-state index contributed by atoms with van der Waals surface area (Å²) in [5.41, 5.74) is -0.0781. The van der Waals surface area contributed by atoms with E-state index in [2.05, 4.69) is 22.6 Å². The van der Waals surface area contributed by atoms with Crippen LogP contribution in [0.3, 0.4) is 0 Å². The van der Waals surface area contributed by atoms with Crippen molar-refractivity contribution < 1.29 is 9.59 Å². The Bertz CT molecular complexity index is 314. The Balaban J connectivity index is 3.14. The van der Waals surface area contributed by atoms with Crippen LogP contribution in [0, 0.1) is 0 Å². The average molecular weight is 529 g/mol. The molecule has 0 amide bonds. The van der Waals surface area contributed by atoms with Gasteiger partial charge in [-0.2, -0.15) is 1.33 Å². The van der Waals surface area contributed by atoms with Gasteiger partial charge in [-0.3, -0.25) is 4.79 Å². The molecule has 0 spiro atoms. The Labute approximate surface area is 123 Å². The molecule has 0 saturated heterocycles. The molecule has 6 heteroatoms. The van der Waals surface area contributed by atoms with Crippen LogP contribution in [-0.4, -0.2) is 23.4 Å². The summed E-state index contributed by atoms with van der Waals surface area (Å²) in [4.78, 5) is 21.9. The summed E-state index contributed by atoms with van der Waals surface area (Å²) in [6.45, 7) is 0. The van der Waals surface area contributed by atoms with E-state index in [1.807, 2.05) is 51.8 Å². The molecule has 2 atom stereocenters. The molecule has 0 bridgehead atoms. The van der Waals surface area contributed by atoms with Gasteiger partial charge < -0.3 is 4.79 Å². The maximum absolute atomic E-state index is 11.1. The first-order chi connectivity index (χ1) is 6.58. The third-order valence-corrected chi connectivity index (χ3v) is 5.36. The lowest BCUT2D eigenvalue weighted by Gasteiger charge is -2.35. The van der Waals surface area contributed by atoms with E-state index in [9.17, 15) is 9.59 Å². The first kappa shape index (κ1) is 13.0. The molecule has 0 saturated carbocycles. The number of carbonyl (C=O) groups is 2. The van der Waals surface area contributed by atoms with Crippen LogP contribution in [0.25, 0.3) is 0 Å². The van der Waals surface area contributed by atoms with Crippen LogP contribution in [0.2, 0.25) is 0 Å². The highest BCUT2D eigenvalue weighted by molar-refractivity contribution is 14.2. The maximum Gasteiger partial charge on any atom is 0.147 e. The molecule has 0 aromatic rings. The summed E-state index contributed by atoms with van der Waals surface area (Å²) in [6.07, 6.45) is 6.97. The van der Waals surface area contributed by atoms with E-state index >= 15 is 0 Å². The van der Waals surface area contributed by atoms with E-state index < -0.39 is 5.54 Å². The molecule has 1 aliphatic rings. The average Bonchev–Trinajstić information content (AvgIpc) is 2.18. The van der Waals surface area contributed by atoms with Crippen molar-refractivity contribution in [3.8, 4) is 0 Å². The van der Waals surface area contributed by atoms with Crippen LogP contribution < -0.4 is 0 Å². The van der Waals surface area contributed by atoms with Gasteiger partial charge in [0.15, 0.2) is 0 Å². The Morgan fingerprint density at radius 3 is 2.50 bits per heavy atom. The molecule has 0 radical (unpaired) electrons. The van der Waals surface area contributed by atoms with E-state index in [1.165, 1.54) is 0 Å². The molecule has 0 aliphatic heterocycles. The first-order valence-electron chi connectivity index (χ1n) is 3.65. The van der Waals surface area contributed by atoms with Crippen molar-refractivity contribution in [2.75, 3.05) is 0 Å². The number of rotatable bonds is 3. The van der Waals surface area contributed by atoms with Gasteiger partial charge in [0.2, 0.25) is 0 Å². The number of hydrogen-bond acceptors (Lipinski definition) is 3. The van der Waals surface area contributed by atoms with Gasteiger partial charge in [-0.15, -0.1) is 0 Å². The van der Waals surface area contributed by atoms with Gasteiger partial charge >= 0.3 is 0 Å². The second-order valence-corrected chi connectivity index (χ2v) is 7.77. The van der Waals surface area contributed by atoms with E-state index in [0.717, 1.165) is 12.6 Å². The van der Waals surface area contributed by atoms with Gasteiger partial charge in [-0.05, 0) is 0 Å². The Morgan fingerprint density at radius 2 is 2.07 bits per heavy atom. The molecule has 2 unspecified atom stereocenters. The highest BCUT2D eigenvalue weighted by Gasteiger charge is 2.42. The van der Waals surface area contributed by atoms with Crippen molar-refractivity contribution >= 4 is 80.9 Å². The molecule has 76 valence electrons. The molecule has 0 aromatic heterocycles. The zero-order valence-corrected chi connectivity index (χ0v) is 13.3. The molecule has 1 aliphatic carbocycles. The quantitative estimate of drug-likeness (QED) is 0.244. The minimum atomic E-state index is -0.716. The van der Waals surface area contributed by atoms with Gasteiger partial charge in [-0.25, -0.2) is 0 Å². The van der Waals surface area contributed by atoms with Gasteiger partial charge in [-0.1, -0.05) is 40.8 Å². The zero-order chi connectivity index (χ0) is 10.8. The SMILES string of the molecule is O=CC1=CC=CC(C=O)(N(I)I)C1I. The highest BCUT2D eigenvalue weighted by Crippen LogP contribution is 2.37. The Kier molecular flexibility index (Phi) is 4.98. The van der Waals surface area contributed by atoms with Crippen molar-refractivity contribution in [2.45, 2.75) is 9.46 Å². The van der Waals surface area contributed by atoms with Crippen LogP contribution in [-0.2, 0) is 9.59 Å². The van der Waals surface area contributed by atoms with Crippen molar-refractivity contribution in [1.82, 2.24) is 1.33 Å². The Morgan fingerprint density at radius 1 is 1.43 bits per heavy atom. The number of nitrogens with zero attached hydrogens (tertiary/aromatic N) is 1. The van der Waals surface area contributed by atoms with Crippen LogP contribution in [0.15, 0.2) is 23.8 Å². The normalized spacial score (nSPS) is 31.4. The molecule has 0 fully saturated rings. The number of halogens is 3. The monoisotopic (exact) mass is 529 g/mol. The largest absolute Gasteiger partial charge is 0.301 e. The van der Waals surface area contributed by atoms with E-state index in [4.69, 9.17) is 0 Å². The van der Waals surface area contributed by atoms with Crippen molar-refractivity contribution in [3.63, 3.8) is 0 Å². The molecular formula is C8H6I3NO2. The molecule has 0 N–H and O–H groups in total. The van der Waals surface area contributed by atoms with E-state index in [-0.39, 0.29) is 3.92 Å². The highest BCUT2D eigenvalue weighted by atomic mass is 127. The topological polar surface area (TPSA) is 37.4 Å². The fourth-order valence-electron chi connectivity index (χ4n) is 1.13. The summed E-state index contributed by atoms with van der Waals surface area (Å²) in [6, 6.07) is 0. The fourth-order valence-corrected chi connectivity index (χ4v) is 4.29. The third kappa shape index (κ3) is 2.21. The fraction of sp³-hybridized carbons (Fsp3) is 0.250. The number of allylic oxidation sites excluding steroid dienone is 2. The Hall–Kier alpha value is 0.970. The van der Waals surface area contributed by atoms with Crippen LogP contribution in [0.4, 0.5) is 0 Å². The van der Waals surface area contributed by atoms with Gasteiger partial charge in [0.05, 0.1) is 3.92 Å². The van der Waals surface area contributed by atoms with Gasteiger partial charge in [0, 0.05) is 51.3 Å². The third-order valence-electron chi connectivity index (χ3n) is 1.97. The lowest BCUT2D eigenvalue weighted by atomic mass is 9.89. The second kappa shape index (κ2) is 5.34. The lowest BCUT2D eigenvalue weighted by molar-refractivity contribution is -0.111. The summed E-state index contributed by atoms with van der Waals surface area (Å²) >= 11 is 6.21. The van der Waals surface area contributed by atoms with Crippen molar-refractivity contribution in [3.05, 3.63) is 23.8 Å². The standard InChI is InChI=1S/C8H6I3NO2/c9-7-6(4-13)2-1-3-8(7,5-14)12(10)11/h1-5,7H. The number of carbonyl (C=O) groups excluding carboxylic acids is 2. The summed E-state index contributed by atoms with van der Waals surface area (Å²) in [5, 5.41) is 0. The van der Waals surface area contributed by atoms with Crippen molar-refractivity contribution in [1.29, 1.82) is 0 Å². The van der Waals surface area contributed by atoms with Gasteiger partial charge in [0.25, 0.3) is 0 Å². The summed E-state index contributed by atoms with van der Waals surface area (Å²) in [7, 11) is 0. The second-order valence-electron chi connectivity index (χ2n) is 2.74. The lowest BCUT2D eigenvalue weighted by Crippen LogP contribution is -2.48. The molecule has 1 rings (SSSR count).